The molecule has 0 aliphatic heterocycles. The second kappa shape index (κ2) is 5.74. The first-order chi connectivity index (χ1) is 9.10. The van der Waals surface area contributed by atoms with Crippen molar-refractivity contribution in [3.63, 3.8) is 0 Å². The lowest BCUT2D eigenvalue weighted by Crippen LogP contribution is -1.94. The first-order valence-corrected chi connectivity index (χ1v) is 6.51. The minimum absolute atomic E-state index is 0.490. The first-order valence-electron chi connectivity index (χ1n) is 6.51. The number of hydrogen-bond donors (Lipinski definition) is 1. The van der Waals surface area contributed by atoms with Crippen LogP contribution in [-0.4, -0.2) is 12.0 Å². The van der Waals surface area contributed by atoms with Gasteiger partial charge in [-0.25, -0.2) is 0 Å². The second-order valence-corrected chi connectivity index (χ2v) is 4.94. The van der Waals surface area contributed by atoms with Gasteiger partial charge in [0.15, 0.2) is 0 Å². The van der Waals surface area contributed by atoms with Gasteiger partial charge in [0.2, 0.25) is 0 Å². The molecule has 3 heteroatoms. The number of aromatic nitrogens is 1. The van der Waals surface area contributed by atoms with Crippen LogP contribution >= 0.6 is 0 Å². The summed E-state index contributed by atoms with van der Waals surface area (Å²) in [6.45, 7) is 6.41. The summed E-state index contributed by atoms with van der Waals surface area (Å²) in [7, 11) is 1.87. The molecule has 0 unspecified atom stereocenters. The number of anilines is 1. The van der Waals surface area contributed by atoms with Gasteiger partial charge >= 0.3 is 0 Å². The average molecular weight is 256 g/mol. The van der Waals surface area contributed by atoms with Gasteiger partial charge in [-0.3, -0.25) is 4.98 Å². The molecule has 0 spiro atoms. The molecule has 3 nitrogen and oxygen atoms in total. The van der Waals surface area contributed by atoms with Crippen LogP contribution in [-0.2, 0) is 0 Å². The molecule has 1 N–H and O–H groups in total. The van der Waals surface area contributed by atoms with Crippen LogP contribution in [0.5, 0.6) is 11.5 Å². The average Bonchev–Trinajstić information content (AvgIpc) is 2.41. The van der Waals surface area contributed by atoms with Gasteiger partial charge in [0, 0.05) is 13.1 Å². The summed E-state index contributed by atoms with van der Waals surface area (Å²) in [4.78, 5) is 4.15. The highest BCUT2D eigenvalue weighted by Gasteiger charge is 2.06. The fourth-order valence-electron chi connectivity index (χ4n) is 1.82. The Balaban J connectivity index is 2.29. The first kappa shape index (κ1) is 13.4. The normalized spacial score (nSPS) is 10.6. The number of ether oxygens (including phenoxy) is 1. The summed E-state index contributed by atoms with van der Waals surface area (Å²) in [5, 5.41) is 3.05. The molecule has 0 atom stereocenters. The van der Waals surface area contributed by atoms with Gasteiger partial charge in [-0.2, -0.15) is 0 Å². The molecular weight excluding hydrogens is 236 g/mol. The molecule has 0 aliphatic rings. The van der Waals surface area contributed by atoms with Gasteiger partial charge in [-0.1, -0.05) is 26.0 Å². The van der Waals surface area contributed by atoms with E-state index in [1.165, 1.54) is 5.56 Å². The summed E-state index contributed by atoms with van der Waals surface area (Å²) in [6, 6.07) is 8.29. The summed E-state index contributed by atoms with van der Waals surface area (Å²) >= 11 is 0. The highest BCUT2D eigenvalue weighted by Crippen LogP contribution is 2.29. The maximum absolute atomic E-state index is 5.94. The smallest absolute Gasteiger partial charge is 0.147 e. The molecule has 2 rings (SSSR count). The van der Waals surface area contributed by atoms with Gasteiger partial charge < -0.3 is 10.1 Å². The summed E-state index contributed by atoms with van der Waals surface area (Å²) in [5.41, 5.74) is 3.34. The van der Waals surface area contributed by atoms with Crippen LogP contribution in [0, 0.1) is 6.92 Å². The number of nitrogens with one attached hydrogen (secondary N) is 1. The van der Waals surface area contributed by atoms with Gasteiger partial charge in [0.1, 0.15) is 11.5 Å². The largest absolute Gasteiger partial charge is 0.455 e. The van der Waals surface area contributed by atoms with Crippen LogP contribution < -0.4 is 10.1 Å². The van der Waals surface area contributed by atoms with Crippen molar-refractivity contribution in [2.75, 3.05) is 12.4 Å². The molecule has 0 aliphatic carbocycles. The predicted octanol–water partition coefficient (Wildman–Crippen LogP) is 4.35. The van der Waals surface area contributed by atoms with Crippen LogP contribution in [0.25, 0.3) is 0 Å². The number of aryl methyl sites for hydroxylation is 1. The van der Waals surface area contributed by atoms with E-state index in [1.54, 1.807) is 12.4 Å². The van der Waals surface area contributed by atoms with Crippen LogP contribution in [0.3, 0.4) is 0 Å². The summed E-state index contributed by atoms with van der Waals surface area (Å²) in [5.74, 6) is 2.13. The monoisotopic (exact) mass is 256 g/mol. The van der Waals surface area contributed by atoms with E-state index < -0.39 is 0 Å². The van der Waals surface area contributed by atoms with Crippen molar-refractivity contribution in [3.8, 4) is 11.5 Å². The third kappa shape index (κ3) is 3.25. The maximum Gasteiger partial charge on any atom is 0.147 e. The van der Waals surface area contributed by atoms with E-state index in [-0.39, 0.29) is 0 Å². The molecular formula is C16H20N2O. The van der Waals surface area contributed by atoms with E-state index in [1.807, 2.05) is 13.1 Å². The summed E-state index contributed by atoms with van der Waals surface area (Å²) < 4.78 is 5.94. The van der Waals surface area contributed by atoms with E-state index in [9.17, 15) is 0 Å². The minimum atomic E-state index is 0.490. The van der Waals surface area contributed by atoms with Gasteiger partial charge in [-0.05, 0) is 30.0 Å². The lowest BCUT2D eigenvalue weighted by atomic mass is 10.0. The minimum Gasteiger partial charge on any atom is -0.455 e. The topological polar surface area (TPSA) is 34.2 Å². The molecule has 0 fully saturated rings. The number of benzene rings is 1. The Labute approximate surface area is 114 Å². The Hall–Kier alpha value is -2.03. The zero-order valence-electron chi connectivity index (χ0n) is 11.9. The Morgan fingerprint density at radius 1 is 1.16 bits per heavy atom. The van der Waals surface area contributed by atoms with Crippen molar-refractivity contribution < 1.29 is 4.74 Å². The number of pyridine rings is 1. The zero-order chi connectivity index (χ0) is 13.8. The molecule has 0 bridgehead atoms. The van der Waals surface area contributed by atoms with E-state index in [2.05, 4.69) is 49.3 Å². The van der Waals surface area contributed by atoms with Crippen LogP contribution in [0.4, 0.5) is 5.69 Å². The molecule has 0 saturated carbocycles. The maximum atomic E-state index is 5.94. The molecule has 0 radical (unpaired) electrons. The molecule has 1 aromatic carbocycles. The third-order valence-corrected chi connectivity index (χ3v) is 3.11. The van der Waals surface area contributed by atoms with Crippen LogP contribution in [0.1, 0.15) is 30.9 Å². The third-order valence-electron chi connectivity index (χ3n) is 3.11. The number of hydrogen-bond acceptors (Lipinski definition) is 3. The van der Waals surface area contributed by atoms with E-state index in [0.717, 1.165) is 22.7 Å². The SMILES string of the molecule is CNc1cncc(Oc2cc(C(C)C)ccc2C)c1. The fraction of sp³-hybridized carbons (Fsp3) is 0.312. The molecule has 19 heavy (non-hydrogen) atoms. The molecule has 100 valence electrons. The van der Waals surface area contributed by atoms with Crippen molar-refractivity contribution in [2.45, 2.75) is 26.7 Å². The van der Waals surface area contributed by atoms with Gasteiger partial charge in [-0.15, -0.1) is 0 Å². The molecule has 1 heterocycles. The van der Waals surface area contributed by atoms with E-state index >= 15 is 0 Å². The molecule has 0 amide bonds. The van der Waals surface area contributed by atoms with Gasteiger partial charge in [0.25, 0.3) is 0 Å². The Kier molecular flexibility index (Phi) is 4.05. The Morgan fingerprint density at radius 3 is 2.63 bits per heavy atom. The lowest BCUT2D eigenvalue weighted by molar-refractivity contribution is 0.475. The molecule has 2 aromatic rings. The number of nitrogens with zero attached hydrogens (tertiary/aromatic N) is 1. The fourth-order valence-corrected chi connectivity index (χ4v) is 1.82. The highest BCUT2D eigenvalue weighted by atomic mass is 16.5. The number of rotatable bonds is 4. The van der Waals surface area contributed by atoms with Crippen molar-refractivity contribution in [3.05, 3.63) is 47.8 Å². The summed E-state index contributed by atoms with van der Waals surface area (Å²) in [6.07, 6.45) is 3.49. The predicted molar refractivity (Wildman–Crippen MR) is 79.1 cm³/mol. The van der Waals surface area contributed by atoms with Crippen molar-refractivity contribution in [1.82, 2.24) is 4.98 Å². The van der Waals surface area contributed by atoms with Crippen LogP contribution in [0.15, 0.2) is 36.7 Å². The van der Waals surface area contributed by atoms with Crippen molar-refractivity contribution in [2.24, 2.45) is 0 Å². The zero-order valence-corrected chi connectivity index (χ0v) is 11.9. The quantitative estimate of drug-likeness (QED) is 0.883. The Bertz CT molecular complexity index is 564. The van der Waals surface area contributed by atoms with Crippen molar-refractivity contribution in [1.29, 1.82) is 0 Å². The van der Waals surface area contributed by atoms with E-state index in [4.69, 9.17) is 4.74 Å². The van der Waals surface area contributed by atoms with Crippen LogP contribution in [0.2, 0.25) is 0 Å². The lowest BCUT2D eigenvalue weighted by Gasteiger charge is -2.13. The van der Waals surface area contributed by atoms with E-state index in [0.29, 0.717) is 5.92 Å². The second-order valence-electron chi connectivity index (χ2n) is 4.94. The Morgan fingerprint density at radius 2 is 1.95 bits per heavy atom. The van der Waals surface area contributed by atoms with Gasteiger partial charge in [0.05, 0.1) is 18.1 Å². The van der Waals surface area contributed by atoms with Crippen molar-refractivity contribution >= 4 is 5.69 Å². The molecule has 0 saturated heterocycles. The highest BCUT2D eigenvalue weighted by molar-refractivity contribution is 5.47. The standard InChI is InChI=1S/C16H20N2O/c1-11(2)13-6-5-12(3)16(7-13)19-15-8-14(17-4)9-18-10-15/h5-11,17H,1-4H3. The molecule has 1 aromatic heterocycles.